The molecule has 1 saturated heterocycles. The summed E-state index contributed by atoms with van der Waals surface area (Å²) in [6.07, 6.45) is 3.08. The zero-order valence-electron chi connectivity index (χ0n) is 16.8. The number of carbonyl (C=O) groups excluding carboxylic acids is 2. The van der Waals surface area contributed by atoms with Crippen molar-refractivity contribution < 1.29 is 19.8 Å². The molecule has 152 valence electrons. The summed E-state index contributed by atoms with van der Waals surface area (Å²) in [6.45, 7) is 9.56. The molecule has 0 spiro atoms. The van der Waals surface area contributed by atoms with Crippen molar-refractivity contribution >= 4 is 18.4 Å². The molecule has 0 bridgehead atoms. The number of anilines is 1. The van der Waals surface area contributed by atoms with Crippen molar-refractivity contribution in [3.8, 4) is 0 Å². The maximum Gasteiger partial charge on any atom is 0.229 e. The van der Waals surface area contributed by atoms with Crippen LogP contribution in [0, 0.1) is 5.41 Å². The number of hydrogen-bond acceptors (Lipinski definition) is 5. The van der Waals surface area contributed by atoms with Crippen LogP contribution in [0.15, 0.2) is 24.3 Å². The molecule has 1 amide bonds. The highest BCUT2D eigenvalue weighted by molar-refractivity contribution is 5.94. The first-order valence-corrected chi connectivity index (χ1v) is 9.52. The normalized spacial score (nSPS) is 20.5. The van der Waals surface area contributed by atoms with Crippen LogP contribution in [-0.2, 0) is 16.0 Å². The van der Waals surface area contributed by atoms with E-state index in [4.69, 9.17) is 4.79 Å². The second-order valence-electron chi connectivity index (χ2n) is 8.06. The first kappa shape index (κ1) is 23.3. The summed E-state index contributed by atoms with van der Waals surface area (Å²) in [4.78, 5) is 22.4. The Labute approximate surface area is 162 Å². The lowest BCUT2D eigenvalue weighted by Crippen LogP contribution is -2.46. The zero-order valence-corrected chi connectivity index (χ0v) is 16.8. The van der Waals surface area contributed by atoms with E-state index in [0.29, 0.717) is 6.42 Å². The molecule has 1 aromatic carbocycles. The molecule has 6 heteroatoms. The fourth-order valence-electron chi connectivity index (χ4n) is 3.17. The third-order valence-electron chi connectivity index (χ3n) is 4.80. The Hall–Kier alpha value is -1.76. The van der Waals surface area contributed by atoms with Gasteiger partial charge in [-0.15, -0.1) is 0 Å². The van der Waals surface area contributed by atoms with Gasteiger partial charge in [0, 0.05) is 23.7 Å². The van der Waals surface area contributed by atoms with Crippen molar-refractivity contribution in [1.29, 1.82) is 0 Å². The van der Waals surface area contributed by atoms with Crippen molar-refractivity contribution in [2.75, 3.05) is 25.0 Å². The molecular formula is C21H34N2O4. The monoisotopic (exact) mass is 378 g/mol. The Morgan fingerprint density at radius 3 is 2.67 bits per heavy atom. The highest BCUT2D eigenvalue weighted by Gasteiger charge is 2.26. The fourth-order valence-corrected chi connectivity index (χ4v) is 3.17. The molecule has 2 unspecified atom stereocenters. The molecule has 0 aromatic heterocycles. The summed E-state index contributed by atoms with van der Waals surface area (Å²) in [5, 5.41) is 22.2. The van der Waals surface area contributed by atoms with E-state index < -0.39 is 5.41 Å². The fraction of sp³-hybridized carbons (Fsp3) is 0.619. The largest absolute Gasteiger partial charge is 0.395 e. The summed E-state index contributed by atoms with van der Waals surface area (Å²) < 4.78 is 0. The predicted octanol–water partition coefficient (Wildman–Crippen LogP) is 2.24. The van der Waals surface area contributed by atoms with Crippen LogP contribution >= 0.6 is 0 Å². The molecule has 6 nitrogen and oxygen atoms in total. The van der Waals surface area contributed by atoms with Gasteiger partial charge in [0.1, 0.15) is 6.79 Å². The number of piperidine rings is 1. The summed E-state index contributed by atoms with van der Waals surface area (Å²) in [6, 6.07) is 8.08. The van der Waals surface area contributed by atoms with Gasteiger partial charge in [-0.05, 0) is 49.9 Å². The quantitative estimate of drug-likeness (QED) is 0.706. The SMILES string of the molecule is C=O.CC(C)(C)C(=O)Nc1cccc(CCCN2CCC(O)CC2CO)c1. The number of aliphatic hydroxyl groups excluding tert-OH is 2. The number of carbonyl (C=O) groups is 2. The molecule has 1 aromatic rings. The van der Waals surface area contributed by atoms with E-state index >= 15 is 0 Å². The van der Waals surface area contributed by atoms with Gasteiger partial charge in [-0.1, -0.05) is 32.9 Å². The van der Waals surface area contributed by atoms with Crippen molar-refractivity contribution in [2.24, 2.45) is 5.41 Å². The molecule has 0 radical (unpaired) electrons. The highest BCUT2D eigenvalue weighted by atomic mass is 16.3. The molecule has 27 heavy (non-hydrogen) atoms. The van der Waals surface area contributed by atoms with Crippen molar-refractivity contribution in [2.45, 2.75) is 58.6 Å². The molecule has 2 rings (SSSR count). The van der Waals surface area contributed by atoms with E-state index in [9.17, 15) is 15.0 Å². The Balaban J connectivity index is 0.00000176. The van der Waals surface area contributed by atoms with E-state index in [1.54, 1.807) is 0 Å². The van der Waals surface area contributed by atoms with Crippen LogP contribution in [0.5, 0.6) is 0 Å². The third-order valence-corrected chi connectivity index (χ3v) is 4.80. The van der Waals surface area contributed by atoms with Crippen LogP contribution < -0.4 is 5.32 Å². The summed E-state index contributed by atoms with van der Waals surface area (Å²) >= 11 is 0. The summed E-state index contributed by atoms with van der Waals surface area (Å²) in [7, 11) is 0. The molecule has 1 heterocycles. The Kier molecular flexibility index (Phi) is 9.63. The molecule has 2 atom stereocenters. The van der Waals surface area contributed by atoms with Crippen LogP contribution in [0.4, 0.5) is 5.69 Å². The van der Waals surface area contributed by atoms with Crippen LogP contribution in [0.3, 0.4) is 0 Å². The first-order valence-electron chi connectivity index (χ1n) is 9.52. The van der Waals surface area contributed by atoms with E-state index in [1.165, 1.54) is 5.56 Å². The van der Waals surface area contributed by atoms with Crippen molar-refractivity contribution in [3.63, 3.8) is 0 Å². The number of benzene rings is 1. The topological polar surface area (TPSA) is 89.9 Å². The van der Waals surface area contributed by atoms with Gasteiger partial charge in [-0.3, -0.25) is 9.69 Å². The minimum absolute atomic E-state index is 0.0160. The molecule has 3 N–H and O–H groups in total. The number of amides is 1. The predicted molar refractivity (Wildman–Crippen MR) is 108 cm³/mol. The van der Waals surface area contributed by atoms with Gasteiger partial charge in [0.25, 0.3) is 0 Å². The minimum atomic E-state index is -0.409. The highest BCUT2D eigenvalue weighted by Crippen LogP contribution is 2.20. The second-order valence-corrected chi connectivity index (χ2v) is 8.06. The Bertz CT molecular complexity index is 586. The molecular weight excluding hydrogens is 344 g/mol. The molecule has 0 aliphatic carbocycles. The van der Waals surface area contributed by atoms with Gasteiger partial charge in [0.05, 0.1) is 12.7 Å². The lowest BCUT2D eigenvalue weighted by atomic mass is 9.95. The summed E-state index contributed by atoms with van der Waals surface area (Å²) in [5.74, 6) is 0.0160. The third kappa shape index (κ3) is 7.79. The molecule has 0 saturated carbocycles. The molecule has 1 fully saturated rings. The van der Waals surface area contributed by atoms with E-state index in [2.05, 4.69) is 16.3 Å². The van der Waals surface area contributed by atoms with Gasteiger partial charge in [-0.2, -0.15) is 0 Å². The van der Waals surface area contributed by atoms with Gasteiger partial charge in [0.15, 0.2) is 0 Å². The Morgan fingerprint density at radius 1 is 1.33 bits per heavy atom. The number of aliphatic hydroxyl groups is 2. The molecule has 1 aliphatic heterocycles. The van der Waals surface area contributed by atoms with Crippen LogP contribution in [0.2, 0.25) is 0 Å². The number of likely N-dealkylation sites (tertiary alicyclic amines) is 1. The number of nitrogens with zero attached hydrogens (tertiary/aromatic N) is 1. The number of rotatable bonds is 6. The van der Waals surface area contributed by atoms with Crippen molar-refractivity contribution in [3.05, 3.63) is 29.8 Å². The van der Waals surface area contributed by atoms with Gasteiger partial charge >= 0.3 is 0 Å². The number of nitrogens with one attached hydrogen (secondary N) is 1. The second kappa shape index (κ2) is 11.2. The minimum Gasteiger partial charge on any atom is -0.395 e. The van der Waals surface area contributed by atoms with Crippen LogP contribution in [0.1, 0.15) is 45.6 Å². The maximum atomic E-state index is 12.1. The molecule has 1 aliphatic rings. The average Bonchev–Trinajstić information content (AvgIpc) is 2.64. The number of aryl methyl sites for hydroxylation is 1. The van der Waals surface area contributed by atoms with Gasteiger partial charge < -0.3 is 20.3 Å². The smallest absolute Gasteiger partial charge is 0.229 e. The van der Waals surface area contributed by atoms with Crippen LogP contribution in [0.25, 0.3) is 0 Å². The van der Waals surface area contributed by atoms with E-state index in [1.807, 2.05) is 45.8 Å². The maximum absolute atomic E-state index is 12.1. The van der Waals surface area contributed by atoms with Gasteiger partial charge in [-0.25, -0.2) is 0 Å². The lowest BCUT2D eigenvalue weighted by molar-refractivity contribution is -0.123. The van der Waals surface area contributed by atoms with E-state index in [0.717, 1.165) is 38.0 Å². The zero-order chi connectivity index (χ0) is 20.4. The van der Waals surface area contributed by atoms with Crippen LogP contribution in [-0.4, -0.2) is 59.7 Å². The number of hydrogen-bond donors (Lipinski definition) is 3. The first-order chi connectivity index (χ1) is 12.8. The van der Waals surface area contributed by atoms with Gasteiger partial charge in [0.2, 0.25) is 5.91 Å². The standard InChI is InChI=1S/C20H32N2O3.CH2O/c1-20(2,3)19(25)21-16-8-4-6-15(12-16)7-5-10-22-11-9-18(24)13-17(22)14-23;1-2/h4,6,8,12,17-18,23-24H,5,7,9-11,13-14H2,1-3H3,(H,21,25);1H2. The average molecular weight is 379 g/mol. The van der Waals surface area contributed by atoms with Crippen molar-refractivity contribution in [1.82, 2.24) is 4.90 Å². The Morgan fingerprint density at radius 2 is 2.04 bits per heavy atom. The lowest BCUT2D eigenvalue weighted by Gasteiger charge is -2.36. The van der Waals surface area contributed by atoms with E-state index in [-0.39, 0.29) is 24.7 Å². The summed E-state index contributed by atoms with van der Waals surface area (Å²) in [5.41, 5.74) is 1.63.